The van der Waals surface area contributed by atoms with Crippen LogP contribution in [0.3, 0.4) is 0 Å². The number of carbonyl (C=O) groups excluding carboxylic acids is 2. The smallest absolute Gasteiger partial charge is 0.244 e. The molecule has 0 saturated carbocycles. The Labute approximate surface area is 220 Å². The van der Waals surface area contributed by atoms with Crippen molar-refractivity contribution in [3.05, 3.63) is 64.7 Å². The van der Waals surface area contributed by atoms with E-state index in [4.69, 9.17) is 11.6 Å². The molecule has 36 heavy (non-hydrogen) atoms. The van der Waals surface area contributed by atoms with Gasteiger partial charge in [-0.2, -0.15) is 0 Å². The van der Waals surface area contributed by atoms with E-state index in [1.807, 2.05) is 32.9 Å². The van der Waals surface area contributed by atoms with Crippen LogP contribution in [0, 0.1) is 0 Å². The SMILES string of the molecule is C[C@H](C(=O)NC(C)(C)C)N(Cc1ccccc1Cl)C(=O)CN(c1ccc(C(C)(C)C)cc1)S(C)(=O)=O. The Morgan fingerprint density at radius 2 is 1.53 bits per heavy atom. The van der Waals surface area contributed by atoms with Crippen molar-refractivity contribution in [2.24, 2.45) is 0 Å². The molecule has 1 N–H and O–H groups in total. The lowest BCUT2D eigenvalue weighted by Crippen LogP contribution is -2.54. The number of benzene rings is 2. The van der Waals surface area contributed by atoms with Crippen molar-refractivity contribution >= 4 is 39.1 Å². The molecule has 0 aliphatic heterocycles. The number of amides is 2. The second kappa shape index (κ2) is 11.2. The van der Waals surface area contributed by atoms with Gasteiger partial charge in [0.15, 0.2) is 0 Å². The Bertz CT molecular complexity index is 1180. The average molecular weight is 536 g/mol. The number of hydrogen-bond donors (Lipinski definition) is 1. The van der Waals surface area contributed by atoms with Crippen LogP contribution in [0.4, 0.5) is 5.69 Å². The molecule has 0 fully saturated rings. The predicted octanol–water partition coefficient (Wildman–Crippen LogP) is 4.74. The summed E-state index contributed by atoms with van der Waals surface area (Å²) in [5, 5.41) is 3.35. The van der Waals surface area contributed by atoms with Gasteiger partial charge < -0.3 is 10.2 Å². The molecule has 0 unspecified atom stereocenters. The highest BCUT2D eigenvalue weighted by Gasteiger charge is 2.31. The molecule has 0 heterocycles. The van der Waals surface area contributed by atoms with E-state index in [1.54, 1.807) is 43.3 Å². The number of halogens is 1. The molecule has 198 valence electrons. The molecule has 0 bridgehead atoms. The third-order valence-corrected chi connectivity index (χ3v) is 7.17. The van der Waals surface area contributed by atoms with E-state index in [0.29, 0.717) is 16.3 Å². The maximum absolute atomic E-state index is 13.6. The van der Waals surface area contributed by atoms with Gasteiger partial charge in [0.2, 0.25) is 21.8 Å². The Morgan fingerprint density at radius 1 is 0.972 bits per heavy atom. The second-order valence-corrected chi connectivity index (χ2v) is 13.4. The first-order chi connectivity index (χ1) is 16.4. The van der Waals surface area contributed by atoms with E-state index >= 15 is 0 Å². The van der Waals surface area contributed by atoms with Gasteiger partial charge in [0.1, 0.15) is 12.6 Å². The van der Waals surface area contributed by atoms with Crippen molar-refractivity contribution in [2.75, 3.05) is 17.1 Å². The van der Waals surface area contributed by atoms with Crippen LogP contribution in [0.15, 0.2) is 48.5 Å². The number of nitrogens with one attached hydrogen (secondary N) is 1. The molecule has 1 atom stereocenters. The van der Waals surface area contributed by atoms with Gasteiger partial charge in [-0.1, -0.05) is 62.7 Å². The average Bonchev–Trinajstić information content (AvgIpc) is 2.74. The first-order valence-electron chi connectivity index (χ1n) is 11.8. The second-order valence-electron chi connectivity index (χ2n) is 11.1. The van der Waals surface area contributed by atoms with Crippen molar-refractivity contribution in [1.82, 2.24) is 10.2 Å². The summed E-state index contributed by atoms with van der Waals surface area (Å²) in [7, 11) is -3.79. The third kappa shape index (κ3) is 8.23. The van der Waals surface area contributed by atoms with Crippen LogP contribution in [0.2, 0.25) is 5.02 Å². The molecular weight excluding hydrogens is 498 g/mol. The van der Waals surface area contributed by atoms with Gasteiger partial charge in [-0.25, -0.2) is 8.42 Å². The first-order valence-corrected chi connectivity index (χ1v) is 14.1. The molecule has 0 radical (unpaired) electrons. The van der Waals surface area contributed by atoms with Crippen molar-refractivity contribution in [2.45, 2.75) is 72.0 Å². The summed E-state index contributed by atoms with van der Waals surface area (Å²) >= 11 is 6.34. The van der Waals surface area contributed by atoms with E-state index in [0.717, 1.165) is 16.1 Å². The van der Waals surface area contributed by atoms with E-state index < -0.39 is 34.1 Å². The topological polar surface area (TPSA) is 86.8 Å². The molecule has 0 aliphatic rings. The standard InChI is InChI=1S/C27H38ClN3O4S/c1-19(25(33)29-27(5,6)7)30(17-20-11-9-10-12-23(20)28)24(32)18-31(36(8,34)35)22-15-13-21(14-16-22)26(2,3)4/h9-16,19H,17-18H2,1-8H3,(H,29,33)/t19-/m1/s1. The number of hydrogen-bond acceptors (Lipinski definition) is 4. The molecule has 2 aromatic carbocycles. The maximum atomic E-state index is 13.6. The highest BCUT2D eigenvalue weighted by molar-refractivity contribution is 7.92. The highest BCUT2D eigenvalue weighted by Crippen LogP contribution is 2.26. The summed E-state index contributed by atoms with van der Waals surface area (Å²) < 4.78 is 26.5. The van der Waals surface area contributed by atoms with Crippen LogP contribution in [0.25, 0.3) is 0 Å². The van der Waals surface area contributed by atoms with Gasteiger partial charge in [0, 0.05) is 17.1 Å². The minimum absolute atomic E-state index is 0.0534. The van der Waals surface area contributed by atoms with Crippen LogP contribution < -0.4 is 9.62 Å². The van der Waals surface area contributed by atoms with Crippen LogP contribution in [0.1, 0.15) is 59.6 Å². The summed E-state index contributed by atoms with van der Waals surface area (Å²) in [5.74, 6) is -0.861. The van der Waals surface area contributed by atoms with E-state index in [9.17, 15) is 18.0 Å². The largest absolute Gasteiger partial charge is 0.350 e. The summed E-state index contributed by atoms with van der Waals surface area (Å²) in [5.41, 5.74) is 1.47. The Hall–Kier alpha value is -2.58. The molecule has 0 spiro atoms. The quantitative estimate of drug-likeness (QED) is 0.529. The zero-order valence-corrected chi connectivity index (χ0v) is 24.0. The fraction of sp³-hybridized carbons (Fsp3) is 0.481. The molecule has 0 aromatic heterocycles. The Balaban J connectivity index is 2.43. The third-order valence-electron chi connectivity index (χ3n) is 5.66. The summed E-state index contributed by atoms with van der Waals surface area (Å²) in [6.07, 6.45) is 1.06. The van der Waals surface area contributed by atoms with Crippen LogP contribution in [-0.2, 0) is 31.6 Å². The molecule has 9 heteroatoms. The minimum atomic E-state index is -3.79. The fourth-order valence-electron chi connectivity index (χ4n) is 3.61. The van der Waals surface area contributed by atoms with Crippen molar-refractivity contribution in [1.29, 1.82) is 0 Å². The zero-order valence-electron chi connectivity index (χ0n) is 22.4. The summed E-state index contributed by atoms with van der Waals surface area (Å²) in [6.45, 7) is 13.0. The Morgan fingerprint density at radius 3 is 2.00 bits per heavy atom. The van der Waals surface area contributed by atoms with E-state index in [-0.39, 0.29) is 17.9 Å². The van der Waals surface area contributed by atoms with Crippen LogP contribution in [0.5, 0.6) is 0 Å². The molecule has 2 aromatic rings. The molecule has 2 amide bonds. The number of sulfonamides is 1. The lowest BCUT2D eigenvalue weighted by molar-refractivity contribution is -0.140. The van der Waals surface area contributed by atoms with Crippen molar-refractivity contribution < 1.29 is 18.0 Å². The predicted molar refractivity (Wildman–Crippen MR) is 147 cm³/mol. The fourth-order valence-corrected chi connectivity index (χ4v) is 4.65. The molecule has 2 rings (SSSR count). The van der Waals surface area contributed by atoms with Gasteiger partial charge in [-0.3, -0.25) is 13.9 Å². The normalized spacial score (nSPS) is 13.1. The summed E-state index contributed by atoms with van der Waals surface area (Å²) in [4.78, 5) is 28.0. The van der Waals surface area contributed by atoms with Gasteiger partial charge >= 0.3 is 0 Å². The molecule has 7 nitrogen and oxygen atoms in total. The van der Waals surface area contributed by atoms with Gasteiger partial charge in [-0.05, 0) is 62.4 Å². The number of carbonyl (C=O) groups is 2. The monoisotopic (exact) mass is 535 g/mol. The number of anilines is 1. The van der Waals surface area contributed by atoms with Crippen molar-refractivity contribution in [3.63, 3.8) is 0 Å². The minimum Gasteiger partial charge on any atom is -0.350 e. The lowest BCUT2D eigenvalue weighted by atomic mass is 9.87. The Kier molecular flexibility index (Phi) is 9.24. The summed E-state index contributed by atoms with van der Waals surface area (Å²) in [6, 6.07) is 13.3. The van der Waals surface area contributed by atoms with E-state index in [2.05, 4.69) is 26.1 Å². The maximum Gasteiger partial charge on any atom is 0.244 e. The van der Waals surface area contributed by atoms with Gasteiger partial charge in [0.25, 0.3) is 0 Å². The highest BCUT2D eigenvalue weighted by atomic mass is 35.5. The van der Waals surface area contributed by atoms with Gasteiger partial charge in [-0.15, -0.1) is 0 Å². The molecule has 0 saturated heterocycles. The first kappa shape index (κ1) is 29.6. The van der Waals surface area contributed by atoms with Gasteiger partial charge in [0.05, 0.1) is 11.9 Å². The lowest BCUT2D eigenvalue weighted by Gasteiger charge is -2.33. The van der Waals surface area contributed by atoms with E-state index in [1.165, 1.54) is 4.90 Å². The van der Waals surface area contributed by atoms with Crippen LogP contribution >= 0.6 is 11.6 Å². The zero-order chi connectivity index (χ0) is 27.5. The molecule has 0 aliphatic carbocycles. The van der Waals surface area contributed by atoms with Crippen LogP contribution in [-0.4, -0.2) is 49.5 Å². The van der Waals surface area contributed by atoms with Crippen molar-refractivity contribution in [3.8, 4) is 0 Å². The molecular formula is C27H38ClN3O4S. The number of rotatable bonds is 8. The number of nitrogens with zero attached hydrogens (tertiary/aromatic N) is 2.